The molecule has 0 aliphatic heterocycles. The van der Waals surface area contributed by atoms with Crippen molar-refractivity contribution in [3.05, 3.63) is 0 Å². The van der Waals surface area contributed by atoms with Crippen molar-refractivity contribution in [1.29, 1.82) is 0 Å². The van der Waals surface area contributed by atoms with Crippen LogP contribution in [0.25, 0.3) is 0 Å². The highest BCUT2D eigenvalue weighted by Crippen LogP contribution is 1.76. The Morgan fingerprint density at radius 3 is 1.67 bits per heavy atom. The zero-order valence-electron chi connectivity index (χ0n) is 3.26. The maximum Gasteiger partial charge on any atom is 0.232 e. The lowest BCUT2D eigenvalue weighted by Crippen LogP contribution is -2.46. The molecular formula is C2H8N2O2. The van der Waals surface area contributed by atoms with Crippen LogP contribution in [0, 0.1) is 0 Å². The van der Waals surface area contributed by atoms with E-state index in [1.165, 1.54) is 0 Å². The van der Waals surface area contributed by atoms with Gasteiger partial charge in [0.1, 0.15) is 0 Å². The summed E-state index contributed by atoms with van der Waals surface area (Å²) >= 11 is 0. The SMILES string of the molecule is NCC(N)(O)O. The molecule has 0 atom stereocenters. The zero-order valence-corrected chi connectivity index (χ0v) is 3.26. The summed E-state index contributed by atoms with van der Waals surface area (Å²) < 4.78 is 0. The van der Waals surface area contributed by atoms with E-state index in [0.717, 1.165) is 0 Å². The van der Waals surface area contributed by atoms with Gasteiger partial charge in [-0.3, -0.25) is 5.73 Å². The van der Waals surface area contributed by atoms with E-state index in [1.807, 2.05) is 0 Å². The van der Waals surface area contributed by atoms with Crippen LogP contribution in [0.5, 0.6) is 0 Å². The Balaban J connectivity index is 3.17. The molecule has 0 aliphatic carbocycles. The number of rotatable bonds is 1. The quantitative estimate of drug-likeness (QED) is 0.270. The molecule has 0 amide bonds. The summed E-state index contributed by atoms with van der Waals surface area (Å²) in [6.07, 6.45) is 0. The van der Waals surface area contributed by atoms with E-state index in [9.17, 15) is 0 Å². The molecule has 0 aromatic heterocycles. The summed E-state index contributed by atoms with van der Waals surface area (Å²) in [7, 11) is 0. The summed E-state index contributed by atoms with van der Waals surface area (Å²) in [6.45, 7) is -0.340. The van der Waals surface area contributed by atoms with Crippen molar-refractivity contribution in [3.63, 3.8) is 0 Å². The van der Waals surface area contributed by atoms with Gasteiger partial charge >= 0.3 is 0 Å². The first-order valence-corrected chi connectivity index (χ1v) is 1.50. The molecule has 0 rings (SSSR count). The van der Waals surface area contributed by atoms with E-state index < -0.39 is 5.91 Å². The highest BCUT2D eigenvalue weighted by atomic mass is 16.5. The minimum atomic E-state index is -2.18. The molecule has 0 unspecified atom stereocenters. The molecule has 0 fully saturated rings. The fourth-order valence-electron chi connectivity index (χ4n) is 0. The topological polar surface area (TPSA) is 92.5 Å². The monoisotopic (exact) mass is 92.1 g/mol. The van der Waals surface area contributed by atoms with E-state index in [4.69, 9.17) is 10.2 Å². The van der Waals surface area contributed by atoms with Gasteiger partial charge in [0, 0.05) is 0 Å². The summed E-state index contributed by atoms with van der Waals surface area (Å²) in [4.78, 5) is 0. The number of hydrogen-bond acceptors (Lipinski definition) is 4. The lowest BCUT2D eigenvalue weighted by atomic mass is 10.5. The maximum atomic E-state index is 8.03. The van der Waals surface area contributed by atoms with Gasteiger partial charge in [-0.2, -0.15) is 0 Å². The Hall–Kier alpha value is -0.160. The number of hydrogen-bond donors (Lipinski definition) is 4. The molecule has 0 saturated heterocycles. The Labute approximate surface area is 35.4 Å². The van der Waals surface area contributed by atoms with Crippen molar-refractivity contribution in [2.24, 2.45) is 11.5 Å². The molecule has 0 radical (unpaired) electrons. The van der Waals surface area contributed by atoms with Crippen molar-refractivity contribution in [2.45, 2.75) is 5.91 Å². The highest BCUT2D eigenvalue weighted by molar-refractivity contribution is 4.50. The van der Waals surface area contributed by atoms with Crippen molar-refractivity contribution in [2.75, 3.05) is 6.54 Å². The van der Waals surface area contributed by atoms with Crippen LogP contribution in [0.4, 0.5) is 0 Å². The molecule has 0 heterocycles. The van der Waals surface area contributed by atoms with Crippen LogP contribution in [0.1, 0.15) is 0 Å². The lowest BCUT2D eigenvalue weighted by molar-refractivity contribution is -0.145. The van der Waals surface area contributed by atoms with Gasteiger partial charge in [0.25, 0.3) is 0 Å². The third-order valence-electron chi connectivity index (χ3n) is 0.300. The van der Waals surface area contributed by atoms with Crippen LogP contribution in [0.3, 0.4) is 0 Å². The summed E-state index contributed by atoms with van der Waals surface area (Å²) in [5, 5.41) is 16.1. The Morgan fingerprint density at radius 1 is 1.50 bits per heavy atom. The van der Waals surface area contributed by atoms with Gasteiger partial charge in [0.15, 0.2) is 0 Å². The third-order valence-corrected chi connectivity index (χ3v) is 0.300. The second-order valence-corrected chi connectivity index (χ2v) is 1.08. The fourth-order valence-corrected chi connectivity index (χ4v) is 0. The molecule has 0 aromatic carbocycles. The second kappa shape index (κ2) is 1.53. The molecule has 0 bridgehead atoms. The van der Waals surface area contributed by atoms with Crippen LogP contribution >= 0.6 is 0 Å². The second-order valence-electron chi connectivity index (χ2n) is 1.08. The third kappa shape index (κ3) is 3.84. The highest BCUT2D eigenvalue weighted by Gasteiger charge is 2.09. The van der Waals surface area contributed by atoms with Crippen LogP contribution in [0.15, 0.2) is 0 Å². The number of aliphatic hydroxyl groups is 2. The predicted molar refractivity (Wildman–Crippen MR) is 20.4 cm³/mol. The van der Waals surface area contributed by atoms with Crippen LogP contribution in [-0.2, 0) is 0 Å². The normalized spacial score (nSPS) is 12.0. The van der Waals surface area contributed by atoms with Crippen molar-refractivity contribution < 1.29 is 10.2 Å². The zero-order chi connectivity index (χ0) is 5.21. The smallest absolute Gasteiger partial charge is 0.232 e. The van der Waals surface area contributed by atoms with E-state index in [1.54, 1.807) is 0 Å². The summed E-state index contributed by atoms with van der Waals surface area (Å²) in [5.74, 6) is -2.18. The molecule has 4 nitrogen and oxygen atoms in total. The van der Waals surface area contributed by atoms with E-state index in [-0.39, 0.29) is 6.54 Å². The molecule has 0 spiro atoms. The first kappa shape index (κ1) is 5.84. The Bertz CT molecular complexity index is 39.3. The first-order valence-electron chi connectivity index (χ1n) is 1.50. The molecule has 0 saturated carbocycles. The summed E-state index contributed by atoms with van der Waals surface area (Å²) in [6, 6.07) is 0. The molecule has 6 heavy (non-hydrogen) atoms. The fraction of sp³-hybridized carbons (Fsp3) is 1.00. The van der Waals surface area contributed by atoms with Crippen molar-refractivity contribution >= 4 is 0 Å². The van der Waals surface area contributed by atoms with Gasteiger partial charge in [-0.1, -0.05) is 0 Å². The average molecular weight is 92.1 g/mol. The first-order chi connectivity index (χ1) is 2.56. The Morgan fingerprint density at radius 2 is 1.67 bits per heavy atom. The molecule has 6 N–H and O–H groups in total. The standard InChI is InChI=1S/C2H8N2O2/c3-1-2(4,5)6/h5-6H,1,3-4H2. The van der Waals surface area contributed by atoms with Crippen molar-refractivity contribution in [3.8, 4) is 0 Å². The van der Waals surface area contributed by atoms with Crippen molar-refractivity contribution in [1.82, 2.24) is 0 Å². The molecular weight excluding hydrogens is 84.0 g/mol. The van der Waals surface area contributed by atoms with Gasteiger partial charge in [0.05, 0.1) is 6.54 Å². The lowest BCUT2D eigenvalue weighted by Gasteiger charge is -2.09. The molecule has 0 aromatic rings. The van der Waals surface area contributed by atoms with Gasteiger partial charge in [-0.25, -0.2) is 0 Å². The number of nitrogens with two attached hydrogens (primary N) is 2. The van der Waals surface area contributed by atoms with Gasteiger partial charge < -0.3 is 15.9 Å². The molecule has 0 aliphatic rings. The largest absolute Gasteiger partial charge is 0.353 e. The average Bonchev–Trinajstić information content (AvgIpc) is 1.35. The van der Waals surface area contributed by atoms with Crippen LogP contribution in [0.2, 0.25) is 0 Å². The molecule has 4 heteroatoms. The van der Waals surface area contributed by atoms with E-state index in [0.29, 0.717) is 0 Å². The van der Waals surface area contributed by atoms with Crippen LogP contribution < -0.4 is 11.5 Å². The predicted octanol–water partition coefficient (Wildman–Crippen LogP) is -2.46. The van der Waals surface area contributed by atoms with Gasteiger partial charge in [0.2, 0.25) is 5.91 Å². The van der Waals surface area contributed by atoms with Gasteiger partial charge in [-0.15, -0.1) is 0 Å². The maximum absolute atomic E-state index is 8.03. The van der Waals surface area contributed by atoms with E-state index in [2.05, 4.69) is 11.5 Å². The minimum Gasteiger partial charge on any atom is -0.353 e. The van der Waals surface area contributed by atoms with E-state index >= 15 is 0 Å². The van der Waals surface area contributed by atoms with Gasteiger partial charge in [-0.05, 0) is 0 Å². The summed E-state index contributed by atoms with van der Waals surface area (Å²) in [5.41, 5.74) is 9.20. The minimum absolute atomic E-state index is 0.340. The Kier molecular flexibility index (Phi) is 1.48. The van der Waals surface area contributed by atoms with Crippen LogP contribution in [-0.4, -0.2) is 22.7 Å². The molecule has 38 valence electrons.